The third-order valence-corrected chi connectivity index (χ3v) is 2.99. The number of amides is 1. The van der Waals surface area contributed by atoms with Gasteiger partial charge in [0.1, 0.15) is 5.75 Å². The van der Waals surface area contributed by atoms with E-state index in [0.29, 0.717) is 34.4 Å². The van der Waals surface area contributed by atoms with Crippen LogP contribution < -0.4 is 15.8 Å². The molecule has 0 aliphatic heterocycles. The van der Waals surface area contributed by atoms with E-state index in [-0.39, 0.29) is 5.69 Å². The summed E-state index contributed by atoms with van der Waals surface area (Å²) in [6, 6.07) is 5.01. The number of nitrogen functional groups attached to an aromatic ring is 1. The third-order valence-electron chi connectivity index (χ3n) is 2.70. The van der Waals surface area contributed by atoms with Crippen LogP contribution in [0.15, 0.2) is 18.2 Å². The van der Waals surface area contributed by atoms with Crippen molar-refractivity contribution in [2.75, 3.05) is 17.7 Å². The van der Waals surface area contributed by atoms with E-state index in [2.05, 4.69) is 15.5 Å². The van der Waals surface area contributed by atoms with Gasteiger partial charge in [0.05, 0.1) is 23.0 Å². The molecule has 0 aliphatic carbocycles. The van der Waals surface area contributed by atoms with Gasteiger partial charge in [0, 0.05) is 5.69 Å². The average Bonchev–Trinajstić information content (AvgIpc) is 2.73. The summed E-state index contributed by atoms with van der Waals surface area (Å²) in [5, 5.41) is 9.63. The molecule has 1 aromatic heterocycles. The number of aromatic amines is 1. The van der Waals surface area contributed by atoms with E-state index in [1.54, 1.807) is 25.1 Å². The largest absolute Gasteiger partial charge is 0.492 e. The maximum absolute atomic E-state index is 12.0. The van der Waals surface area contributed by atoms with Crippen molar-refractivity contribution < 1.29 is 9.53 Å². The van der Waals surface area contributed by atoms with Crippen molar-refractivity contribution in [2.24, 2.45) is 0 Å². The monoisotopic (exact) mass is 294 g/mol. The van der Waals surface area contributed by atoms with Crippen LogP contribution in [0.1, 0.15) is 23.1 Å². The average molecular weight is 295 g/mol. The molecule has 4 N–H and O–H groups in total. The van der Waals surface area contributed by atoms with Crippen molar-refractivity contribution in [2.45, 2.75) is 13.8 Å². The maximum atomic E-state index is 12.0. The Morgan fingerprint density at radius 3 is 2.85 bits per heavy atom. The number of carbonyl (C=O) groups is 1. The topological polar surface area (TPSA) is 93.0 Å². The first-order valence-electron chi connectivity index (χ1n) is 6.07. The van der Waals surface area contributed by atoms with Gasteiger partial charge in [-0.25, -0.2) is 0 Å². The number of benzene rings is 1. The van der Waals surface area contributed by atoms with E-state index < -0.39 is 5.91 Å². The molecular formula is C13H15ClN4O2. The van der Waals surface area contributed by atoms with Crippen LogP contribution in [0.4, 0.5) is 11.4 Å². The lowest BCUT2D eigenvalue weighted by Crippen LogP contribution is -2.14. The van der Waals surface area contributed by atoms with E-state index in [1.807, 2.05) is 6.92 Å². The highest BCUT2D eigenvalue weighted by atomic mass is 35.5. The Balaban J connectivity index is 2.16. The molecule has 0 atom stereocenters. The van der Waals surface area contributed by atoms with Gasteiger partial charge in [0.2, 0.25) is 0 Å². The molecule has 2 aromatic rings. The van der Waals surface area contributed by atoms with Gasteiger partial charge in [0.15, 0.2) is 5.69 Å². The van der Waals surface area contributed by atoms with E-state index in [0.717, 1.165) is 0 Å². The normalized spacial score (nSPS) is 10.3. The lowest BCUT2D eigenvalue weighted by atomic mass is 10.2. The predicted octanol–water partition coefficient (Wildman–Crippen LogP) is 2.60. The fourth-order valence-electron chi connectivity index (χ4n) is 1.65. The van der Waals surface area contributed by atoms with E-state index >= 15 is 0 Å². The summed E-state index contributed by atoms with van der Waals surface area (Å²) in [5.74, 6) is 0.175. The van der Waals surface area contributed by atoms with Crippen LogP contribution in [0.3, 0.4) is 0 Å². The second-order valence-electron chi connectivity index (χ2n) is 4.14. The molecule has 1 amide bonds. The molecular weight excluding hydrogens is 280 g/mol. The molecule has 0 fully saturated rings. The van der Waals surface area contributed by atoms with Crippen LogP contribution in [0.25, 0.3) is 0 Å². The van der Waals surface area contributed by atoms with Crippen molar-refractivity contribution in [3.8, 4) is 5.75 Å². The second kappa shape index (κ2) is 5.83. The van der Waals surface area contributed by atoms with Crippen LogP contribution in [0.2, 0.25) is 5.02 Å². The van der Waals surface area contributed by atoms with Crippen molar-refractivity contribution in [3.05, 3.63) is 34.6 Å². The maximum Gasteiger partial charge on any atom is 0.278 e. The second-order valence-corrected chi connectivity index (χ2v) is 4.55. The number of anilines is 2. The number of nitrogens with zero attached hydrogens (tertiary/aromatic N) is 1. The first-order chi connectivity index (χ1) is 9.52. The molecule has 0 saturated heterocycles. The summed E-state index contributed by atoms with van der Waals surface area (Å²) < 4.78 is 5.32. The van der Waals surface area contributed by atoms with Crippen molar-refractivity contribution in [3.63, 3.8) is 0 Å². The molecule has 6 nitrogen and oxygen atoms in total. The van der Waals surface area contributed by atoms with Crippen molar-refractivity contribution in [1.82, 2.24) is 10.2 Å². The summed E-state index contributed by atoms with van der Waals surface area (Å²) in [4.78, 5) is 12.0. The molecule has 0 spiro atoms. The minimum absolute atomic E-state index is 0.160. The van der Waals surface area contributed by atoms with Gasteiger partial charge < -0.3 is 15.8 Å². The van der Waals surface area contributed by atoms with E-state index in [9.17, 15) is 4.79 Å². The van der Waals surface area contributed by atoms with Gasteiger partial charge in [0.25, 0.3) is 5.91 Å². The molecule has 0 aliphatic rings. The third kappa shape index (κ3) is 2.85. The van der Waals surface area contributed by atoms with Crippen molar-refractivity contribution >= 4 is 28.9 Å². The Morgan fingerprint density at radius 2 is 2.30 bits per heavy atom. The molecule has 20 heavy (non-hydrogen) atoms. The number of ether oxygens (including phenoxy) is 1. The number of nitrogens with one attached hydrogen (secondary N) is 2. The lowest BCUT2D eigenvalue weighted by molar-refractivity contribution is 0.102. The van der Waals surface area contributed by atoms with Crippen LogP contribution in [0, 0.1) is 6.92 Å². The molecule has 106 valence electrons. The van der Waals surface area contributed by atoms with Gasteiger partial charge in [-0.15, -0.1) is 0 Å². The number of aromatic nitrogens is 2. The number of hydrogen-bond acceptors (Lipinski definition) is 4. The number of H-pyrrole nitrogens is 1. The molecule has 7 heteroatoms. The standard InChI is InChI=1S/C13H15ClN4O2/c1-3-20-10-5-4-8(6-9(10)14)16-13(19)12-11(15)7(2)17-18-12/h4-6H,3,15H2,1-2H3,(H,16,19)(H,17,18). The Morgan fingerprint density at radius 1 is 1.55 bits per heavy atom. The van der Waals surface area contributed by atoms with Crippen LogP contribution in [-0.2, 0) is 0 Å². The summed E-state index contributed by atoms with van der Waals surface area (Å²) in [6.07, 6.45) is 0. The highest BCUT2D eigenvalue weighted by molar-refractivity contribution is 6.32. The molecule has 0 saturated carbocycles. The molecule has 0 bridgehead atoms. The number of rotatable bonds is 4. The number of hydrogen-bond donors (Lipinski definition) is 3. The van der Waals surface area contributed by atoms with Crippen molar-refractivity contribution in [1.29, 1.82) is 0 Å². The highest BCUT2D eigenvalue weighted by Crippen LogP contribution is 2.28. The molecule has 1 aromatic carbocycles. The van der Waals surface area contributed by atoms with Crippen LogP contribution in [-0.4, -0.2) is 22.7 Å². The van der Waals surface area contributed by atoms with Gasteiger partial charge in [-0.3, -0.25) is 9.89 Å². The first kappa shape index (κ1) is 14.2. The van der Waals surface area contributed by atoms with Gasteiger partial charge in [-0.2, -0.15) is 5.10 Å². The summed E-state index contributed by atoms with van der Waals surface area (Å²) in [5.41, 5.74) is 7.44. The number of aryl methyl sites for hydroxylation is 1. The molecule has 2 rings (SSSR count). The summed E-state index contributed by atoms with van der Waals surface area (Å²) >= 11 is 6.05. The van der Waals surface area contributed by atoms with Gasteiger partial charge in [-0.05, 0) is 32.0 Å². The van der Waals surface area contributed by atoms with Gasteiger partial charge >= 0.3 is 0 Å². The zero-order valence-electron chi connectivity index (χ0n) is 11.2. The summed E-state index contributed by atoms with van der Waals surface area (Å²) in [7, 11) is 0. The number of halogens is 1. The number of carbonyl (C=O) groups excluding carboxylic acids is 1. The Kier molecular flexibility index (Phi) is 4.14. The Bertz CT molecular complexity index is 639. The first-order valence-corrected chi connectivity index (χ1v) is 6.44. The van der Waals surface area contributed by atoms with Crippen LogP contribution in [0.5, 0.6) is 5.75 Å². The molecule has 0 radical (unpaired) electrons. The fraction of sp³-hybridized carbons (Fsp3) is 0.231. The Labute approximate surface area is 121 Å². The fourth-order valence-corrected chi connectivity index (χ4v) is 1.89. The van der Waals surface area contributed by atoms with E-state index in [1.165, 1.54) is 0 Å². The SMILES string of the molecule is CCOc1ccc(NC(=O)c2n[nH]c(C)c2N)cc1Cl. The van der Waals surface area contributed by atoms with E-state index in [4.69, 9.17) is 22.1 Å². The minimum atomic E-state index is -0.396. The summed E-state index contributed by atoms with van der Waals surface area (Å²) in [6.45, 7) is 4.13. The van der Waals surface area contributed by atoms with Gasteiger partial charge in [-0.1, -0.05) is 11.6 Å². The zero-order valence-corrected chi connectivity index (χ0v) is 11.9. The predicted molar refractivity (Wildman–Crippen MR) is 78.3 cm³/mol. The Hall–Kier alpha value is -2.21. The highest BCUT2D eigenvalue weighted by Gasteiger charge is 2.15. The lowest BCUT2D eigenvalue weighted by Gasteiger charge is -2.08. The minimum Gasteiger partial charge on any atom is -0.492 e. The smallest absolute Gasteiger partial charge is 0.278 e. The molecule has 1 heterocycles. The molecule has 0 unspecified atom stereocenters. The number of nitrogens with two attached hydrogens (primary N) is 1. The quantitative estimate of drug-likeness (QED) is 0.808. The zero-order chi connectivity index (χ0) is 14.7. The van der Waals surface area contributed by atoms with Crippen LogP contribution >= 0.6 is 11.6 Å².